The van der Waals surface area contributed by atoms with Crippen molar-refractivity contribution in [3.63, 3.8) is 0 Å². The maximum absolute atomic E-state index is 12.7. The molecule has 3 rings (SSSR count). The van der Waals surface area contributed by atoms with Gasteiger partial charge in [-0.2, -0.15) is 13.2 Å². The van der Waals surface area contributed by atoms with E-state index in [1.165, 1.54) is 17.2 Å². The molecular formula is C18H18F3N3. The highest BCUT2D eigenvalue weighted by Crippen LogP contribution is 2.30. The molecule has 1 heterocycles. The number of H-pyrrole nitrogens is 1. The fourth-order valence-electron chi connectivity index (χ4n) is 2.52. The van der Waals surface area contributed by atoms with Crippen LogP contribution in [0, 0.1) is 6.92 Å². The molecule has 0 bridgehead atoms. The predicted molar refractivity (Wildman–Crippen MR) is 87.7 cm³/mol. The van der Waals surface area contributed by atoms with Gasteiger partial charge >= 0.3 is 6.18 Å². The Kier molecular flexibility index (Phi) is 4.57. The van der Waals surface area contributed by atoms with E-state index in [1.807, 2.05) is 6.92 Å². The molecule has 0 aliphatic heterocycles. The number of halogens is 3. The third kappa shape index (κ3) is 3.94. The van der Waals surface area contributed by atoms with Gasteiger partial charge < -0.3 is 10.3 Å². The number of hydrogen-bond donors (Lipinski definition) is 2. The summed E-state index contributed by atoms with van der Waals surface area (Å²) in [7, 11) is 0. The number of fused-ring (bicyclic) bond motifs is 1. The first-order valence-corrected chi connectivity index (χ1v) is 7.74. The summed E-state index contributed by atoms with van der Waals surface area (Å²) < 4.78 is 38.1. The van der Waals surface area contributed by atoms with Crippen molar-refractivity contribution in [3.05, 3.63) is 65.0 Å². The first kappa shape index (κ1) is 16.5. The number of nitrogens with zero attached hydrogens (tertiary/aromatic N) is 1. The van der Waals surface area contributed by atoms with Gasteiger partial charge in [-0.25, -0.2) is 4.98 Å². The fourth-order valence-corrected chi connectivity index (χ4v) is 2.52. The van der Waals surface area contributed by atoms with Crippen LogP contribution < -0.4 is 5.32 Å². The van der Waals surface area contributed by atoms with Crippen molar-refractivity contribution in [1.29, 1.82) is 0 Å². The number of aryl methyl sites for hydroxylation is 1. The van der Waals surface area contributed by atoms with Gasteiger partial charge in [0.1, 0.15) is 5.82 Å². The number of nitrogens with one attached hydrogen (secondary N) is 2. The average molecular weight is 333 g/mol. The predicted octanol–water partition coefficient (Wildman–Crippen LogP) is 4.22. The molecule has 0 aliphatic rings. The van der Waals surface area contributed by atoms with Gasteiger partial charge in [0.25, 0.3) is 0 Å². The Balaban J connectivity index is 1.58. The van der Waals surface area contributed by atoms with E-state index in [0.717, 1.165) is 25.1 Å². The summed E-state index contributed by atoms with van der Waals surface area (Å²) >= 11 is 0. The minimum atomic E-state index is -4.34. The van der Waals surface area contributed by atoms with Gasteiger partial charge in [-0.1, -0.05) is 29.8 Å². The maximum atomic E-state index is 12.7. The van der Waals surface area contributed by atoms with Crippen LogP contribution in [0.5, 0.6) is 0 Å². The van der Waals surface area contributed by atoms with E-state index in [4.69, 9.17) is 0 Å². The molecule has 6 heteroatoms. The second-order valence-corrected chi connectivity index (χ2v) is 5.83. The Morgan fingerprint density at radius 1 is 1.08 bits per heavy atom. The number of imidazole rings is 1. The van der Waals surface area contributed by atoms with Crippen LogP contribution in [-0.2, 0) is 19.1 Å². The molecule has 0 aliphatic carbocycles. The van der Waals surface area contributed by atoms with Gasteiger partial charge in [0.05, 0.1) is 23.1 Å². The maximum Gasteiger partial charge on any atom is 0.416 e. The summed E-state index contributed by atoms with van der Waals surface area (Å²) in [6.45, 7) is 3.31. The zero-order valence-electron chi connectivity index (χ0n) is 13.2. The Morgan fingerprint density at radius 3 is 2.54 bits per heavy atom. The van der Waals surface area contributed by atoms with Gasteiger partial charge in [0, 0.05) is 0 Å². The molecule has 3 aromatic rings. The largest absolute Gasteiger partial charge is 0.416 e. The molecular weight excluding hydrogens is 315 g/mol. The van der Waals surface area contributed by atoms with Crippen LogP contribution in [0.1, 0.15) is 22.5 Å². The summed E-state index contributed by atoms with van der Waals surface area (Å²) in [5.74, 6) is 0.633. The number of aromatic nitrogens is 2. The molecule has 2 N–H and O–H groups in total. The zero-order chi connectivity index (χ0) is 17.2. The number of aromatic amines is 1. The Bertz CT molecular complexity index is 820. The molecule has 126 valence electrons. The van der Waals surface area contributed by atoms with Crippen LogP contribution in [0.25, 0.3) is 11.0 Å². The summed E-state index contributed by atoms with van der Waals surface area (Å²) in [5.41, 5.74) is 2.75. The lowest BCUT2D eigenvalue weighted by molar-refractivity contribution is -0.137. The lowest BCUT2D eigenvalue weighted by Crippen LogP contribution is -2.17. The van der Waals surface area contributed by atoms with E-state index in [-0.39, 0.29) is 0 Å². The first-order valence-electron chi connectivity index (χ1n) is 7.74. The molecule has 0 amide bonds. The van der Waals surface area contributed by atoms with E-state index < -0.39 is 11.7 Å². The molecule has 3 nitrogen and oxygen atoms in total. The minimum absolute atomic E-state index is 0.403. The van der Waals surface area contributed by atoms with E-state index in [9.17, 15) is 13.2 Å². The van der Waals surface area contributed by atoms with E-state index >= 15 is 0 Å². The Hall–Kier alpha value is -2.34. The highest BCUT2D eigenvalue weighted by atomic mass is 19.4. The van der Waals surface area contributed by atoms with Crippen LogP contribution >= 0.6 is 0 Å². The van der Waals surface area contributed by atoms with Crippen LogP contribution in [0.4, 0.5) is 13.2 Å². The molecule has 24 heavy (non-hydrogen) atoms. The molecule has 0 spiro atoms. The summed E-state index contributed by atoms with van der Waals surface area (Å²) in [4.78, 5) is 7.25. The van der Waals surface area contributed by atoms with Gasteiger partial charge in [-0.15, -0.1) is 0 Å². The summed E-state index contributed by atoms with van der Waals surface area (Å²) in [6.07, 6.45) is -3.45. The van der Waals surface area contributed by atoms with Crippen molar-refractivity contribution in [2.45, 2.75) is 26.1 Å². The smallest absolute Gasteiger partial charge is 0.341 e. The lowest BCUT2D eigenvalue weighted by Gasteiger charge is -2.05. The van der Waals surface area contributed by atoms with Gasteiger partial charge in [-0.3, -0.25) is 0 Å². The highest BCUT2D eigenvalue weighted by Gasteiger charge is 2.30. The van der Waals surface area contributed by atoms with E-state index in [0.29, 0.717) is 23.4 Å². The third-order valence-corrected chi connectivity index (χ3v) is 3.86. The average Bonchev–Trinajstić information content (AvgIpc) is 2.94. The Morgan fingerprint density at radius 2 is 1.83 bits per heavy atom. The number of alkyl halides is 3. The van der Waals surface area contributed by atoms with Crippen molar-refractivity contribution in [2.24, 2.45) is 0 Å². The second kappa shape index (κ2) is 6.65. The van der Waals surface area contributed by atoms with Crippen LogP contribution in [0.3, 0.4) is 0 Å². The van der Waals surface area contributed by atoms with E-state index in [1.54, 1.807) is 0 Å². The van der Waals surface area contributed by atoms with Crippen LogP contribution in [-0.4, -0.2) is 16.5 Å². The quantitative estimate of drug-likeness (QED) is 0.686. The molecule has 0 fully saturated rings. The summed E-state index contributed by atoms with van der Waals surface area (Å²) in [5, 5.41) is 3.25. The van der Waals surface area contributed by atoms with Crippen molar-refractivity contribution in [1.82, 2.24) is 15.3 Å². The van der Waals surface area contributed by atoms with Crippen molar-refractivity contribution >= 4 is 11.0 Å². The molecule has 0 unspecified atom stereocenters. The van der Waals surface area contributed by atoms with Gasteiger partial charge in [-0.05, 0) is 43.7 Å². The lowest BCUT2D eigenvalue weighted by atomic mass is 10.1. The fraction of sp³-hybridized carbons (Fsp3) is 0.278. The minimum Gasteiger partial charge on any atom is -0.341 e. The standard InChI is InChI=1S/C18H18F3N3/c1-12-2-4-13(5-3-12)8-9-22-11-17-23-15-7-6-14(18(19,20)21)10-16(15)24-17/h2-7,10,22H,8-9,11H2,1H3,(H,23,24). The molecule has 0 saturated heterocycles. The monoisotopic (exact) mass is 333 g/mol. The number of hydrogen-bond acceptors (Lipinski definition) is 2. The molecule has 0 saturated carbocycles. The molecule has 0 atom stereocenters. The van der Waals surface area contributed by atoms with Crippen molar-refractivity contribution in [2.75, 3.05) is 6.54 Å². The topological polar surface area (TPSA) is 40.7 Å². The van der Waals surface area contributed by atoms with Crippen LogP contribution in [0.15, 0.2) is 42.5 Å². The van der Waals surface area contributed by atoms with Gasteiger partial charge in [0.2, 0.25) is 0 Å². The third-order valence-electron chi connectivity index (χ3n) is 3.86. The molecule has 2 aromatic carbocycles. The van der Waals surface area contributed by atoms with Gasteiger partial charge in [0.15, 0.2) is 0 Å². The second-order valence-electron chi connectivity index (χ2n) is 5.83. The number of benzene rings is 2. The SMILES string of the molecule is Cc1ccc(CCNCc2nc3ccc(C(F)(F)F)cc3[nH]2)cc1. The number of rotatable bonds is 5. The Labute approximate surface area is 137 Å². The zero-order valence-corrected chi connectivity index (χ0v) is 13.2. The normalized spacial score (nSPS) is 12.0. The van der Waals surface area contributed by atoms with Crippen LogP contribution in [0.2, 0.25) is 0 Å². The molecule has 1 aromatic heterocycles. The molecule has 0 radical (unpaired) electrons. The first-order chi connectivity index (χ1) is 11.4. The van der Waals surface area contributed by atoms with Crippen molar-refractivity contribution < 1.29 is 13.2 Å². The highest BCUT2D eigenvalue weighted by molar-refractivity contribution is 5.76. The van der Waals surface area contributed by atoms with E-state index in [2.05, 4.69) is 39.6 Å². The van der Waals surface area contributed by atoms with Crippen molar-refractivity contribution in [3.8, 4) is 0 Å². The summed E-state index contributed by atoms with van der Waals surface area (Å²) in [6, 6.07) is 11.9.